The zero-order valence-electron chi connectivity index (χ0n) is 12.2. The second-order valence-electron chi connectivity index (χ2n) is 5.08. The van der Waals surface area contributed by atoms with E-state index in [1.54, 1.807) is 30.6 Å². The monoisotopic (exact) mass is 321 g/mol. The maximum absolute atomic E-state index is 12.5. The average Bonchev–Trinajstić information content (AvgIpc) is 2.50. The van der Waals surface area contributed by atoms with Gasteiger partial charge in [-0.1, -0.05) is 19.1 Å². The Kier molecular flexibility index (Phi) is 4.94. The van der Waals surface area contributed by atoms with Crippen molar-refractivity contribution in [1.82, 2.24) is 9.71 Å². The molecule has 8 heteroatoms. The fourth-order valence-corrected chi connectivity index (χ4v) is 3.38. The summed E-state index contributed by atoms with van der Waals surface area (Å²) >= 11 is 0. The fraction of sp³-hybridized carbons (Fsp3) is 0.286. The first kappa shape index (κ1) is 16.2. The molecule has 1 aromatic carbocycles. The summed E-state index contributed by atoms with van der Waals surface area (Å²) in [5, 5.41) is 1.42. The van der Waals surface area contributed by atoms with Crippen molar-refractivity contribution in [2.75, 3.05) is 13.1 Å². The van der Waals surface area contributed by atoms with Crippen molar-refractivity contribution in [3.63, 3.8) is 0 Å². The molecule has 118 valence electrons. The number of nitrogens with zero attached hydrogens (tertiary/aromatic N) is 2. The second-order valence-corrected chi connectivity index (χ2v) is 6.81. The van der Waals surface area contributed by atoms with Gasteiger partial charge in [-0.05, 0) is 18.1 Å². The summed E-state index contributed by atoms with van der Waals surface area (Å²) in [7, 11) is -3.61. The normalized spacial score (nSPS) is 13.0. The van der Waals surface area contributed by atoms with Gasteiger partial charge in [0.25, 0.3) is 0 Å². The molecular formula is C14H19N5O2S. The molecule has 0 saturated carbocycles. The first-order valence-corrected chi connectivity index (χ1v) is 8.26. The third kappa shape index (κ3) is 3.92. The van der Waals surface area contributed by atoms with Crippen LogP contribution in [0.25, 0.3) is 10.8 Å². The Balaban J connectivity index is 2.18. The van der Waals surface area contributed by atoms with Crippen molar-refractivity contribution in [3.05, 3.63) is 36.7 Å². The summed E-state index contributed by atoms with van der Waals surface area (Å²) in [6.45, 7) is 2.48. The molecule has 0 saturated heterocycles. The van der Waals surface area contributed by atoms with Crippen LogP contribution in [0.15, 0.2) is 46.5 Å². The number of benzene rings is 1. The number of hydrogen-bond acceptors (Lipinski definition) is 4. The molecule has 2 aromatic rings. The number of fused-ring (bicyclic) bond motifs is 1. The minimum atomic E-state index is -3.61. The number of guanidine groups is 1. The van der Waals surface area contributed by atoms with Gasteiger partial charge in [-0.25, -0.2) is 13.1 Å². The molecule has 0 bridgehead atoms. The van der Waals surface area contributed by atoms with E-state index in [1.165, 1.54) is 0 Å². The average molecular weight is 321 g/mol. The molecule has 22 heavy (non-hydrogen) atoms. The zero-order valence-corrected chi connectivity index (χ0v) is 13.0. The number of nitrogens with one attached hydrogen (secondary N) is 1. The number of aromatic nitrogens is 1. The standard InChI is InChI=1S/C14H19N5O2S/c1-10(7-18-14(15)16)8-19-22(20,21)13-4-2-3-11-9-17-6-5-12(11)13/h2-6,9-10,19H,7-8H2,1H3,(H4,15,16,18). The van der Waals surface area contributed by atoms with Crippen molar-refractivity contribution in [2.45, 2.75) is 11.8 Å². The highest BCUT2D eigenvalue weighted by Crippen LogP contribution is 2.21. The van der Waals surface area contributed by atoms with Gasteiger partial charge in [-0.15, -0.1) is 0 Å². The Bertz CT molecular complexity index is 779. The van der Waals surface area contributed by atoms with Gasteiger partial charge in [0.15, 0.2) is 5.96 Å². The lowest BCUT2D eigenvalue weighted by Crippen LogP contribution is -2.30. The van der Waals surface area contributed by atoms with Gasteiger partial charge in [0, 0.05) is 36.3 Å². The van der Waals surface area contributed by atoms with Crippen LogP contribution in [0.4, 0.5) is 0 Å². The van der Waals surface area contributed by atoms with E-state index in [4.69, 9.17) is 11.5 Å². The molecule has 1 unspecified atom stereocenters. The summed E-state index contributed by atoms with van der Waals surface area (Å²) < 4.78 is 27.5. The van der Waals surface area contributed by atoms with Gasteiger partial charge in [-0.3, -0.25) is 9.98 Å². The van der Waals surface area contributed by atoms with Crippen molar-refractivity contribution < 1.29 is 8.42 Å². The van der Waals surface area contributed by atoms with E-state index in [2.05, 4.69) is 14.7 Å². The van der Waals surface area contributed by atoms with Crippen LogP contribution in [0.2, 0.25) is 0 Å². The van der Waals surface area contributed by atoms with Gasteiger partial charge < -0.3 is 11.5 Å². The van der Waals surface area contributed by atoms with Crippen LogP contribution in [0.5, 0.6) is 0 Å². The smallest absolute Gasteiger partial charge is 0.241 e. The Labute approximate surface area is 129 Å². The van der Waals surface area contributed by atoms with E-state index in [0.717, 1.165) is 5.39 Å². The lowest BCUT2D eigenvalue weighted by molar-refractivity contribution is 0.546. The molecule has 1 atom stereocenters. The van der Waals surface area contributed by atoms with E-state index in [9.17, 15) is 8.42 Å². The third-order valence-corrected chi connectivity index (χ3v) is 4.62. The summed E-state index contributed by atoms with van der Waals surface area (Å²) in [4.78, 5) is 8.11. The lowest BCUT2D eigenvalue weighted by Gasteiger charge is -2.12. The topological polar surface area (TPSA) is 123 Å². The second kappa shape index (κ2) is 6.71. The number of aliphatic imine (C=N–C) groups is 1. The van der Waals surface area contributed by atoms with Crippen LogP contribution in [0, 0.1) is 5.92 Å². The molecule has 0 aliphatic rings. The highest BCUT2D eigenvalue weighted by Gasteiger charge is 2.17. The van der Waals surface area contributed by atoms with E-state index in [0.29, 0.717) is 11.9 Å². The number of nitrogens with two attached hydrogens (primary N) is 2. The van der Waals surface area contributed by atoms with E-state index < -0.39 is 10.0 Å². The predicted molar refractivity (Wildman–Crippen MR) is 86.8 cm³/mol. The van der Waals surface area contributed by atoms with Crippen LogP contribution in [0.3, 0.4) is 0 Å². The highest BCUT2D eigenvalue weighted by molar-refractivity contribution is 7.89. The van der Waals surface area contributed by atoms with E-state index >= 15 is 0 Å². The van der Waals surface area contributed by atoms with E-state index in [-0.39, 0.29) is 23.3 Å². The molecule has 0 amide bonds. The molecule has 1 heterocycles. The van der Waals surface area contributed by atoms with Crippen molar-refractivity contribution in [3.8, 4) is 0 Å². The van der Waals surface area contributed by atoms with Crippen LogP contribution in [-0.2, 0) is 10.0 Å². The number of rotatable bonds is 6. The molecule has 0 fully saturated rings. The quantitative estimate of drug-likeness (QED) is 0.525. The SMILES string of the molecule is CC(CN=C(N)N)CNS(=O)(=O)c1cccc2cnccc12. The van der Waals surface area contributed by atoms with Gasteiger partial charge in [0.2, 0.25) is 10.0 Å². The van der Waals surface area contributed by atoms with Crippen LogP contribution < -0.4 is 16.2 Å². The number of pyridine rings is 1. The van der Waals surface area contributed by atoms with Crippen LogP contribution >= 0.6 is 0 Å². The maximum atomic E-state index is 12.5. The van der Waals surface area contributed by atoms with Gasteiger partial charge in [0.05, 0.1) is 4.90 Å². The summed E-state index contributed by atoms with van der Waals surface area (Å²) in [5.41, 5.74) is 10.5. The minimum Gasteiger partial charge on any atom is -0.370 e. The lowest BCUT2D eigenvalue weighted by atomic mass is 10.2. The molecular weight excluding hydrogens is 302 g/mol. The molecule has 5 N–H and O–H groups in total. The Morgan fingerprint density at radius 1 is 1.36 bits per heavy atom. The van der Waals surface area contributed by atoms with Gasteiger partial charge in [0.1, 0.15) is 0 Å². The van der Waals surface area contributed by atoms with Crippen molar-refractivity contribution in [2.24, 2.45) is 22.4 Å². The fourth-order valence-electron chi connectivity index (χ4n) is 1.98. The Hall–Kier alpha value is -2.19. The molecule has 2 rings (SSSR count). The summed E-state index contributed by atoms with van der Waals surface area (Å²) in [5.74, 6) is -0.0234. The molecule has 0 spiro atoms. The first-order chi connectivity index (χ1) is 10.4. The summed E-state index contributed by atoms with van der Waals surface area (Å²) in [6.07, 6.45) is 3.21. The minimum absolute atomic E-state index is 0.00346. The van der Waals surface area contributed by atoms with E-state index in [1.807, 2.05) is 13.0 Å². The maximum Gasteiger partial charge on any atom is 0.241 e. The molecule has 1 aromatic heterocycles. The van der Waals surface area contributed by atoms with Crippen LogP contribution in [0.1, 0.15) is 6.92 Å². The first-order valence-electron chi connectivity index (χ1n) is 6.78. The molecule has 0 aliphatic carbocycles. The highest BCUT2D eigenvalue weighted by atomic mass is 32.2. The molecule has 7 nitrogen and oxygen atoms in total. The van der Waals surface area contributed by atoms with Crippen LogP contribution in [-0.4, -0.2) is 32.5 Å². The van der Waals surface area contributed by atoms with Crippen molar-refractivity contribution >= 4 is 26.8 Å². The molecule has 0 radical (unpaired) electrons. The van der Waals surface area contributed by atoms with Gasteiger partial charge in [-0.2, -0.15) is 0 Å². The third-order valence-electron chi connectivity index (χ3n) is 3.14. The predicted octanol–water partition coefficient (Wildman–Crippen LogP) is 0.423. The zero-order chi connectivity index (χ0) is 16.2. The number of hydrogen-bond donors (Lipinski definition) is 3. The largest absolute Gasteiger partial charge is 0.370 e. The Morgan fingerprint density at radius 2 is 2.14 bits per heavy atom. The number of sulfonamides is 1. The van der Waals surface area contributed by atoms with Crippen molar-refractivity contribution in [1.29, 1.82) is 0 Å². The Morgan fingerprint density at radius 3 is 2.86 bits per heavy atom. The molecule has 0 aliphatic heterocycles. The van der Waals surface area contributed by atoms with Gasteiger partial charge >= 0.3 is 0 Å². The summed E-state index contributed by atoms with van der Waals surface area (Å²) in [6, 6.07) is 6.78.